The third-order valence-corrected chi connectivity index (χ3v) is 8.83. The van der Waals surface area contributed by atoms with Crippen molar-refractivity contribution in [2.24, 2.45) is 5.92 Å². The minimum atomic E-state index is -4.08. The number of nitrogens with zero attached hydrogens (tertiary/aromatic N) is 2. The highest BCUT2D eigenvalue weighted by Crippen LogP contribution is 2.26. The predicted octanol–water partition coefficient (Wildman–Crippen LogP) is 5.10. The molecule has 0 aliphatic rings. The SMILES string of the molecule is CSc1ccc(S(=O)(=O)N(CC(=O)N(Cc2ccccc2)[C@H](C)C(=O)NCC(C)C)c2ccc(C)cc2)cc1. The smallest absolute Gasteiger partial charge is 0.264 e. The van der Waals surface area contributed by atoms with Crippen LogP contribution in [-0.4, -0.2) is 50.5 Å². The standard InChI is InChI=1S/C30H37N3O4S2/c1-22(2)19-31-30(35)24(4)32(20-25-9-7-6-8-10-25)29(34)21-33(26-13-11-23(3)12-14-26)39(36,37)28-17-15-27(38-5)16-18-28/h6-18,22,24H,19-21H2,1-5H3,(H,31,35)/t24-/m1/s1. The molecule has 1 atom stereocenters. The van der Waals surface area contributed by atoms with Crippen LogP contribution >= 0.6 is 11.8 Å². The number of nitrogens with one attached hydrogen (secondary N) is 1. The number of rotatable bonds is 12. The molecule has 0 saturated carbocycles. The molecule has 0 aromatic heterocycles. The zero-order chi connectivity index (χ0) is 28.6. The number of amides is 2. The van der Waals surface area contributed by atoms with Crippen molar-refractivity contribution in [2.75, 3.05) is 23.7 Å². The van der Waals surface area contributed by atoms with Crippen LogP contribution in [0.1, 0.15) is 31.9 Å². The molecule has 9 heteroatoms. The van der Waals surface area contributed by atoms with Crippen LogP contribution in [0.5, 0.6) is 0 Å². The van der Waals surface area contributed by atoms with Gasteiger partial charge in [-0.1, -0.05) is 61.9 Å². The molecule has 208 valence electrons. The molecular weight excluding hydrogens is 530 g/mol. The van der Waals surface area contributed by atoms with Crippen LogP contribution in [0, 0.1) is 12.8 Å². The Balaban J connectivity index is 1.99. The Morgan fingerprint density at radius 1 is 0.897 bits per heavy atom. The summed E-state index contributed by atoms with van der Waals surface area (Å²) in [5, 5.41) is 2.89. The van der Waals surface area contributed by atoms with E-state index in [9.17, 15) is 18.0 Å². The first-order valence-corrected chi connectivity index (χ1v) is 15.5. The number of sulfonamides is 1. The second kappa shape index (κ2) is 13.7. The Morgan fingerprint density at radius 3 is 2.08 bits per heavy atom. The zero-order valence-electron chi connectivity index (χ0n) is 23.1. The van der Waals surface area contributed by atoms with E-state index in [1.54, 1.807) is 43.3 Å². The molecule has 0 radical (unpaired) electrons. The molecule has 0 spiro atoms. The van der Waals surface area contributed by atoms with Gasteiger partial charge in [-0.3, -0.25) is 13.9 Å². The van der Waals surface area contributed by atoms with Crippen LogP contribution in [-0.2, 0) is 26.2 Å². The normalized spacial score (nSPS) is 12.2. The average Bonchev–Trinajstić information content (AvgIpc) is 2.93. The topological polar surface area (TPSA) is 86.8 Å². The summed E-state index contributed by atoms with van der Waals surface area (Å²) in [6.45, 7) is 7.76. The number of carbonyl (C=O) groups is 2. The fraction of sp³-hybridized carbons (Fsp3) is 0.333. The molecule has 1 N–H and O–H groups in total. The van der Waals surface area contributed by atoms with Crippen LogP contribution in [0.3, 0.4) is 0 Å². The summed E-state index contributed by atoms with van der Waals surface area (Å²) >= 11 is 1.51. The van der Waals surface area contributed by atoms with Gasteiger partial charge in [-0.05, 0) is 68.0 Å². The van der Waals surface area contributed by atoms with Gasteiger partial charge in [-0.15, -0.1) is 11.8 Å². The number of hydrogen-bond acceptors (Lipinski definition) is 5. The van der Waals surface area contributed by atoms with Gasteiger partial charge in [0.25, 0.3) is 10.0 Å². The van der Waals surface area contributed by atoms with E-state index in [1.165, 1.54) is 16.7 Å². The summed E-state index contributed by atoms with van der Waals surface area (Å²) in [4.78, 5) is 29.4. The molecule has 0 unspecified atom stereocenters. The van der Waals surface area contributed by atoms with Crippen molar-refractivity contribution < 1.29 is 18.0 Å². The van der Waals surface area contributed by atoms with Crippen molar-refractivity contribution >= 4 is 39.3 Å². The molecule has 3 aromatic rings. The second-order valence-electron chi connectivity index (χ2n) is 9.84. The van der Waals surface area contributed by atoms with Gasteiger partial charge in [-0.2, -0.15) is 0 Å². The number of hydrogen-bond donors (Lipinski definition) is 1. The lowest BCUT2D eigenvalue weighted by Crippen LogP contribution is -2.51. The molecule has 0 aliphatic carbocycles. The van der Waals surface area contributed by atoms with Gasteiger partial charge in [-0.25, -0.2) is 8.42 Å². The second-order valence-corrected chi connectivity index (χ2v) is 12.6. The summed E-state index contributed by atoms with van der Waals surface area (Å²) in [6.07, 6.45) is 1.92. The van der Waals surface area contributed by atoms with Crippen LogP contribution in [0.4, 0.5) is 5.69 Å². The van der Waals surface area contributed by atoms with Gasteiger partial charge in [0.15, 0.2) is 0 Å². The molecule has 39 heavy (non-hydrogen) atoms. The first-order valence-electron chi connectivity index (χ1n) is 12.9. The van der Waals surface area contributed by atoms with E-state index < -0.39 is 28.5 Å². The fourth-order valence-corrected chi connectivity index (χ4v) is 5.75. The number of anilines is 1. The van der Waals surface area contributed by atoms with Gasteiger partial charge >= 0.3 is 0 Å². The molecule has 0 saturated heterocycles. The Hall–Kier alpha value is -3.30. The molecule has 0 heterocycles. The van der Waals surface area contributed by atoms with Gasteiger partial charge in [0.1, 0.15) is 12.6 Å². The lowest BCUT2D eigenvalue weighted by Gasteiger charge is -2.32. The summed E-state index contributed by atoms with van der Waals surface area (Å²) in [6, 6.07) is 22.1. The first-order chi connectivity index (χ1) is 18.5. The summed E-state index contributed by atoms with van der Waals surface area (Å²) in [5.74, 6) is -0.514. The van der Waals surface area contributed by atoms with Crippen LogP contribution < -0.4 is 9.62 Å². The van der Waals surface area contributed by atoms with Crippen molar-refractivity contribution in [3.05, 3.63) is 90.0 Å². The molecule has 0 fully saturated rings. The van der Waals surface area contributed by atoms with Gasteiger partial charge in [0.05, 0.1) is 10.6 Å². The van der Waals surface area contributed by atoms with Crippen LogP contribution in [0.15, 0.2) is 88.7 Å². The minimum absolute atomic E-state index is 0.0889. The highest BCUT2D eigenvalue weighted by Gasteiger charge is 2.32. The van der Waals surface area contributed by atoms with Gasteiger partial charge < -0.3 is 10.2 Å². The summed E-state index contributed by atoms with van der Waals surface area (Å²) in [5.41, 5.74) is 2.18. The number of thioether (sulfide) groups is 1. The zero-order valence-corrected chi connectivity index (χ0v) is 24.8. The third-order valence-electron chi connectivity index (χ3n) is 6.30. The van der Waals surface area contributed by atoms with Crippen molar-refractivity contribution in [3.8, 4) is 0 Å². The molecule has 0 bridgehead atoms. The van der Waals surface area contributed by atoms with Crippen LogP contribution in [0.2, 0.25) is 0 Å². The lowest BCUT2D eigenvalue weighted by molar-refractivity contribution is -0.139. The van der Waals surface area contributed by atoms with Crippen molar-refractivity contribution in [3.63, 3.8) is 0 Å². The monoisotopic (exact) mass is 567 g/mol. The van der Waals surface area contributed by atoms with Crippen molar-refractivity contribution in [1.82, 2.24) is 10.2 Å². The van der Waals surface area contributed by atoms with E-state index in [2.05, 4.69) is 5.32 Å². The van der Waals surface area contributed by atoms with Gasteiger partial charge in [0.2, 0.25) is 11.8 Å². The molecular formula is C30H37N3O4S2. The third kappa shape index (κ3) is 8.10. The maximum absolute atomic E-state index is 13.9. The number of benzene rings is 3. The molecule has 3 rings (SSSR count). The minimum Gasteiger partial charge on any atom is -0.354 e. The average molecular weight is 568 g/mol. The summed E-state index contributed by atoms with van der Waals surface area (Å²) < 4.78 is 28.9. The van der Waals surface area contributed by atoms with Crippen molar-refractivity contribution in [2.45, 2.75) is 50.1 Å². The maximum Gasteiger partial charge on any atom is 0.264 e. The van der Waals surface area contributed by atoms with Gasteiger partial charge in [0, 0.05) is 18.0 Å². The fourth-order valence-electron chi connectivity index (χ4n) is 3.93. The molecule has 0 aliphatic heterocycles. The summed E-state index contributed by atoms with van der Waals surface area (Å²) in [7, 11) is -4.08. The number of aryl methyl sites for hydroxylation is 1. The van der Waals surface area contributed by atoms with E-state index in [4.69, 9.17) is 0 Å². The van der Waals surface area contributed by atoms with E-state index in [0.717, 1.165) is 20.3 Å². The molecule has 7 nitrogen and oxygen atoms in total. The largest absolute Gasteiger partial charge is 0.354 e. The highest BCUT2D eigenvalue weighted by atomic mass is 32.2. The van der Waals surface area contributed by atoms with E-state index in [0.29, 0.717) is 12.2 Å². The Kier molecular flexibility index (Phi) is 10.6. The molecule has 3 aromatic carbocycles. The number of carbonyl (C=O) groups excluding carboxylic acids is 2. The lowest BCUT2D eigenvalue weighted by atomic mass is 10.1. The quantitative estimate of drug-likeness (QED) is 0.308. The van der Waals surface area contributed by atoms with E-state index in [1.807, 2.05) is 69.5 Å². The highest BCUT2D eigenvalue weighted by molar-refractivity contribution is 7.98. The first kappa shape index (κ1) is 30.2. The van der Waals surface area contributed by atoms with Crippen molar-refractivity contribution in [1.29, 1.82) is 0 Å². The Bertz CT molecular complexity index is 1340. The predicted molar refractivity (Wildman–Crippen MR) is 158 cm³/mol. The van der Waals surface area contributed by atoms with Crippen LogP contribution in [0.25, 0.3) is 0 Å². The van der Waals surface area contributed by atoms with E-state index in [-0.39, 0.29) is 23.3 Å². The van der Waals surface area contributed by atoms with E-state index >= 15 is 0 Å². The molecule has 2 amide bonds. The maximum atomic E-state index is 13.9. The Labute approximate surface area is 236 Å². The Morgan fingerprint density at radius 2 is 1.51 bits per heavy atom.